The van der Waals surface area contributed by atoms with Crippen LogP contribution in [0.3, 0.4) is 0 Å². The summed E-state index contributed by atoms with van der Waals surface area (Å²) in [7, 11) is 0. The maximum absolute atomic E-state index is 9.19. The third kappa shape index (κ3) is 13.2. The van der Waals surface area contributed by atoms with Gasteiger partial charge in [-0.15, -0.1) is 0 Å². The monoisotopic (exact) mass is 678 g/mol. The second kappa shape index (κ2) is 22.4. The van der Waals surface area contributed by atoms with Gasteiger partial charge in [0.25, 0.3) is 0 Å². The van der Waals surface area contributed by atoms with Crippen molar-refractivity contribution in [2.45, 2.75) is 51.4 Å². The fourth-order valence-electron chi connectivity index (χ4n) is 5.76. The van der Waals surface area contributed by atoms with Crippen LogP contribution in [0, 0.1) is 0 Å². The molecule has 4 N–H and O–H groups in total. The molecule has 0 amide bonds. The number of hydrogen-bond donors (Lipinski definition) is 4. The second-order valence-corrected chi connectivity index (χ2v) is 12.5. The molecule has 0 fully saturated rings. The van der Waals surface area contributed by atoms with Crippen molar-refractivity contribution >= 4 is 35.7 Å². The molecule has 4 aromatic rings. The molecule has 0 saturated heterocycles. The molecule has 0 unspecified atom stereocenters. The van der Waals surface area contributed by atoms with Crippen molar-refractivity contribution in [3.05, 3.63) is 107 Å². The third-order valence-electron chi connectivity index (χ3n) is 8.63. The fourth-order valence-corrected chi connectivity index (χ4v) is 5.76. The van der Waals surface area contributed by atoms with E-state index in [1.54, 1.807) is 0 Å². The van der Waals surface area contributed by atoms with E-state index < -0.39 is 0 Å². The molecule has 2 aromatic heterocycles. The van der Waals surface area contributed by atoms with Gasteiger partial charge >= 0.3 is 0 Å². The van der Waals surface area contributed by atoms with Crippen LogP contribution in [0.1, 0.15) is 73.6 Å². The van der Waals surface area contributed by atoms with E-state index in [-0.39, 0.29) is 26.4 Å². The highest BCUT2D eigenvalue weighted by Crippen LogP contribution is 2.22. The number of aliphatic hydroxyl groups is 4. The highest BCUT2D eigenvalue weighted by Gasteiger charge is 2.08. The molecule has 0 aliphatic rings. The van der Waals surface area contributed by atoms with Crippen LogP contribution in [0.25, 0.3) is 35.7 Å². The van der Waals surface area contributed by atoms with Crippen molar-refractivity contribution in [2.75, 3.05) is 62.4 Å². The topological polar surface area (TPSA) is 113 Å². The van der Waals surface area contributed by atoms with E-state index in [1.165, 1.54) is 0 Å². The highest BCUT2D eigenvalue weighted by molar-refractivity contribution is 5.74. The fraction of sp³-hybridized carbons (Fsp3) is 0.381. The normalized spacial score (nSPS) is 11.5. The summed E-state index contributed by atoms with van der Waals surface area (Å²) in [5.41, 5.74) is 8.22. The van der Waals surface area contributed by atoms with Crippen molar-refractivity contribution in [1.82, 2.24) is 9.97 Å². The van der Waals surface area contributed by atoms with Gasteiger partial charge in [-0.3, -0.25) is 9.97 Å². The molecule has 0 bridgehead atoms. The Labute approximate surface area is 298 Å². The van der Waals surface area contributed by atoms with Crippen LogP contribution in [0.4, 0.5) is 11.4 Å². The Morgan fingerprint density at radius 2 is 0.720 bits per heavy atom. The molecule has 0 aliphatic heterocycles. The minimum Gasteiger partial charge on any atom is -0.396 e. The molecule has 0 radical (unpaired) electrons. The minimum absolute atomic E-state index is 0.209. The molecule has 266 valence electrons. The molecule has 0 atom stereocenters. The lowest BCUT2D eigenvalue weighted by molar-refractivity contribution is 0.281. The van der Waals surface area contributed by atoms with E-state index in [4.69, 9.17) is 0 Å². The molecule has 0 spiro atoms. The molecule has 50 heavy (non-hydrogen) atoms. The van der Waals surface area contributed by atoms with Crippen molar-refractivity contribution in [3.63, 3.8) is 0 Å². The van der Waals surface area contributed by atoms with E-state index >= 15 is 0 Å². The first-order chi connectivity index (χ1) is 24.6. The quantitative estimate of drug-likeness (QED) is 0.0611. The summed E-state index contributed by atoms with van der Waals surface area (Å²) in [5.74, 6) is 0. The lowest BCUT2D eigenvalue weighted by Gasteiger charge is -2.25. The number of benzene rings is 2. The molecule has 8 nitrogen and oxygen atoms in total. The molecule has 8 heteroatoms. The van der Waals surface area contributed by atoms with Crippen LogP contribution in [0.2, 0.25) is 0 Å². The number of pyridine rings is 2. The van der Waals surface area contributed by atoms with Gasteiger partial charge in [0, 0.05) is 76.4 Å². The summed E-state index contributed by atoms with van der Waals surface area (Å²) in [5, 5.41) is 36.8. The number of aromatic nitrogens is 2. The van der Waals surface area contributed by atoms with E-state index in [0.717, 1.165) is 123 Å². The smallest absolute Gasteiger partial charge is 0.0892 e. The molecule has 4 rings (SSSR count). The van der Waals surface area contributed by atoms with Crippen LogP contribution >= 0.6 is 0 Å². The second-order valence-electron chi connectivity index (χ2n) is 12.5. The van der Waals surface area contributed by atoms with Crippen LogP contribution < -0.4 is 9.80 Å². The first-order valence-corrected chi connectivity index (χ1v) is 18.1. The van der Waals surface area contributed by atoms with Crippen molar-refractivity contribution in [1.29, 1.82) is 0 Å². The highest BCUT2D eigenvalue weighted by atomic mass is 16.3. The van der Waals surface area contributed by atoms with Crippen LogP contribution in [0.5, 0.6) is 0 Å². The average Bonchev–Trinajstić information content (AvgIpc) is 3.16. The number of hydrogen-bond acceptors (Lipinski definition) is 8. The summed E-state index contributed by atoms with van der Waals surface area (Å²) < 4.78 is 0. The zero-order valence-electron chi connectivity index (χ0n) is 29.3. The Kier molecular flexibility index (Phi) is 17.2. The number of nitrogens with zero attached hydrogens (tertiary/aromatic N) is 4. The molecule has 2 aromatic carbocycles. The Balaban J connectivity index is 1.39. The van der Waals surface area contributed by atoms with E-state index in [2.05, 4.69) is 105 Å². The summed E-state index contributed by atoms with van der Waals surface area (Å²) >= 11 is 0. The number of anilines is 2. The molecule has 0 saturated carbocycles. The van der Waals surface area contributed by atoms with Crippen molar-refractivity contribution in [3.8, 4) is 11.4 Å². The van der Waals surface area contributed by atoms with Gasteiger partial charge < -0.3 is 30.2 Å². The third-order valence-corrected chi connectivity index (χ3v) is 8.63. The largest absolute Gasteiger partial charge is 0.396 e. The first kappa shape index (κ1) is 38.5. The maximum Gasteiger partial charge on any atom is 0.0892 e. The Morgan fingerprint density at radius 3 is 1.04 bits per heavy atom. The first-order valence-electron chi connectivity index (χ1n) is 18.1. The number of rotatable bonds is 23. The molecular weight excluding hydrogens is 624 g/mol. The zero-order valence-corrected chi connectivity index (χ0v) is 29.3. The van der Waals surface area contributed by atoms with E-state index in [0.29, 0.717) is 0 Å². The van der Waals surface area contributed by atoms with Gasteiger partial charge in [0.2, 0.25) is 0 Å². The van der Waals surface area contributed by atoms with Gasteiger partial charge in [-0.2, -0.15) is 0 Å². The van der Waals surface area contributed by atoms with E-state index in [1.807, 2.05) is 24.5 Å². The summed E-state index contributed by atoms with van der Waals surface area (Å²) in [6.45, 7) is 4.39. The van der Waals surface area contributed by atoms with Gasteiger partial charge in [-0.05, 0) is 122 Å². The number of aliphatic hydroxyl groups excluding tert-OH is 4. The van der Waals surface area contributed by atoms with E-state index in [9.17, 15) is 20.4 Å². The number of unbranched alkanes of at least 4 members (excludes halogenated alkanes) is 4. The van der Waals surface area contributed by atoms with Gasteiger partial charge in [-0.25, -0.2) is 0 Å². The lowest BCUT2D eigenvalue weighted by atomic mass is 10.1. The summed E-state index contributed by atoms with van der Waals surface area (Å²) in [6.07, 6.45) is 18.9. The Morgan fingerprint density at radius 1 is 0.400 bits per heavy atom. The molecule has 2 heterocycles. The predicted octanol–water partition coefficient (Wildman–Crippen LogP) is 7.19. The SMILES string of the molecule is OCCCCN(CCCCO)c1ccc(/C=C/c2ccnc(-c3cc(/C=C/c4ccc(N(CCCCO)CCCCO)cc4)ccn3)c2)cc1. The van der Waals surface area contributed by atoms with Crippen LogP contribution in [-0.4, -0.2) is 83.0 Å². The van der Waals surface area contributed by atoms with Crippen molar-refractivity contribution < 1.29 is 20.4 Å². The van der Waals surface area contributed by atoms with Gasteiger partial charge in [0.15, 0.2) is 0 Å². The Bertz CT molecular complexity index is 1430. The minimum atomic E-state index is 0.209. The predicted molar refractivity (Wildman–Crippen MR) is 208 cm³/mol. The zero-order chi connectivity index (χ0) is 35.2. The van der Waals surface area contributed by atoms with Gasteiger partial charge in [0.1, 0.15) is 0 Å². The molecular formula is C42H54N4O4. The van der Waals surface area contributed by atoms with Crippen LogP contribution in [-0.2, 0) is 0 Å². The lowest BCUT2D eigenvalue weighted by Crippen LogP contribution is -2.26. The summed E-state index contributed by atoms with van der Waals surface area (Å²) in [4.78, 5) is 13.9. The standard InChI is InChI=1S/C42H54N4O4/c47-29-5-1-25-45(26-2-6-30-48)39-17-13-35(14-18-39)9-11-37-21-23-43-41(33-37)42-34-38(22-24-44-42)12-10-36-15-19-40(20-16-36)46(27-3-7-31-49)28-4-8-32-50/h9-24,33-34,47-50H,1-8,25-32H2/b11-9+,12-10+. The molecule has 0 aliphatic carbocycles. The maximum atomic E-state index is 9.19. The summed E-state index contributed by atoms with van der Waals surface area (Å²) in [6, 6.07) is 25.2. The van der Waals surface area contributed by atoms with Crippen LogP contribution in [0.15, 0.2) is 85.2 Å². The van der Waals surface area contributed by atoms with Crippen molar-refractivity contribution in [2.24, 2.45) is 0 Å². The van der Waals surface area contributed by atoms with Gasteiger partial charge in [0.05, 0.1) is 11.4 Å². The average molecular weight is 679 g/mol. The van der Waals surface area contributed by atoms with Gasteiger partial charge in [-0.1, -0.05) is 48.6 Å². The Hall–Kier alpha value is -4.34.